The van der Waals surface area contributed by atoms with Crippen molar-refractivity contribution in [3.05, 3.63) is 88.5 Å². The van der Waals surface area contributed by atoms with Crippen LogP contribution in [-0.4, -0.2) is 54.1 Å². The normalized spacial score (nSPS) is 20.7. The lowest BCUT2D eigenvalue weighted by molar-refractivity contribution is -0.0495. The first-order chi connectivity index (χ1) is 16.5. The van der Waals surface area contributed by atoms with Gasteiger partial charge in [0.2, 0.25) is 0 Å². The summed E-state index contributed by atoms with van der Waals surface area (Å²) in [6.07, 6.45) is 1.61. The molecular formula is C25H23F3N2O4S. The zero-order valence-corrected chi connectivity index (χ0v) is 19.9. The Morgan fingerprint density at radius 2 is 1.51 bits per heavy atom. The molecule has 2 aromatic carbocycles. The molecule has 2 aliphatic rings. The Balaban J connectivity index is 1.80. The number of hydrogen-bond acceptors (Lipinski definition) is 4. The zero-order valence-electron chi connectivity index (χ0n) is 19.0. The number of sulfonamides is 1. The van der Waals surface area contributed by atoms with E-state index in [9.17, 15) is 31.2 Å². The summed E-state index contributed by atoms with van der Waals surface area (Å²) in [6, 6.07) is 14.3. The number of nitrogens with zero attached hydrogens (tertiary/aromatic N) is 2. The van der Waals surface area contributed by atoms with E-state index in [0.29, 0.717) is 26.6 Å². The SMILES string of the molecule is CC[C@@H]1C(C)=C(c2ccccc2)/C(=C/CN2C(=O)c3ccccc3C2=O)CN1S(=O)(=O)C(F)(F)F. The van der Waals surface area contributed by atoms with E-state index in [0.717, 1.165) is 4.90 Å². The van der Waals surface area contributed by atoms with Crippen molar-refractivity contribution in [1.82, 2.24) is 9.21 Å². The van der Waals surface area contributed by atoms with Gasteiger partial charge in [-0.05, 0) is 47.8 Å². The Morgan fingerprint density at radius 1 is 0.971 bits per heavy atom. The molecule has 0 radical (unpaired) electrons. The highest BCUT2D eigenvalue weighted by molar-refractivity contribution is 7.90. The van der Waals surface area contributed by atoms with Crippen LogP contribution in [0.1, 0.15) is 46.5 Å². The van der Waals surface area contributed by atoms with Crippen molar-refractivity contribution in [3.63, 3.8) is 0 Å². The molecule has 10 heteroatoms. The van der Waals surface area contributed by atoms with E-state index < -0.39 is 39.9 Å². The van der Waals surface area contributed by atoms with E-state index >= 15 is 0 Å². The van der Waals surface area contributed by atoms with Crippen molar-refractivity contribution in [2.24, 2.45) is 0 Å². The maximum atomic E-state index is 13.5. The fraction of sp³-hybridized carbons (Fsp3) is 0.280. The summed E-state index contributed by atoms with van der Waals surface area (Å²) in [4.78, 5) is 26.5. The van der Waals surface area contributed by atoms with Gasteiger partial charge in [0, 0.05) is 19.1 Å². The zero-order chi connectivity index (χ0) is 25.5. The molecule has 35 heavy (non-hydrogen) atoms. The molecule has 2 heterocycles. The van der Waals surface area contributed by atoms with Gasteiger partial charge in [0.25, 0.3) is 11.8 Å². The molecule has 0 aliphatic carbocycles. The highest BCUT2D eigenvalue weighted by atomic mass is 32.2. The van der Waals surface area contributed by atoms with Crippen LogP contribution in [0.4, 0.5) is 13.2 Å². The lowest BCUT2D eigenvalue weighted by atomic mass is 9.86. The van der Waals surface area contributed by atoms with Gasteiger partial charge in [-0.15, -0.1) is 0 Å². The van der Waals surface area contributed by atoms with E-state index in [2.05, 4.69) is 0 Å². The minimum Gasteiger partial charge on any atom is -0.270 e. The third kappa shape index (κ3) is 4.21. The van der Waals surface area contributed by atoms with Crippen LogP contribution in [0.2, 0.25) is 0 Å². The van der Waals surface area contributed by atoms with Gasteiger partial charge in [-0.3, -0.25) is 14.5 Å². The van der Waals surface area contributed by atoms with Gasteiger partial charge >= 0.3 is 15.5 Å². The summed E-state index contributed by atoms with van der Waals surface area (Å²) in [5.74, 6) is -1.02. The maximum absolute atomic E-state index is 13.5. The van der Waals surface area contributed by atoms with Gasteiger partial charge in [0.1, 0.15) is 0 Å². The van der Waals surface area contributed by atoms with Crippen molar-refractivity contribution >= 4 is 27.4 Å². The van der Waals surface area contributed by atoms with Gasteiger partial charge in [0.05, 0.1) is 11.1 Å². The van der Waals surface area contributed by atoms with Crippen LogP contribution in [0, 0.1) is 0 Å². The fourth-order valence-corrected chi connectivity index (χ4v) is 5.90. The molecule has 0 spiro atoms. The van der Waals surface area contributed by atoms with Crippen LogP contribution in [0.25, 0.3) is 5.57 Å². The summed E-state index contributed by atoms with van der Waals surface area (Å²) in [5, 5.41) is 0. The predicted octanol–water partition coefficient (Wildman–Crippen LogP) is 4.63. The second-order valence-electron chi connectivity index (χ2n) is 8.34. The van der Waals surface area contributed by atoms with Crippen LogP contribution in [0.15, 0.2) is 71.8 Å². The van der Waals surface area contributed by atoms with Gasteiger partial charge in [-0.25, -0.2) is 8.42 Å². The van der Waals surface area contributed by atoms with Crippen molar-refractivity contribution in [2.75, 3.05) is 13.1 Å². The average Bonchev–Trinajstić information content (AvgIpc) is 3.06. The quantitative estimate of drug-likeness (QED) is 0.557. The second-order valence-corrected chi connectivity index (χ2v) is 10.2. The van der Waals surface area contributed by atoms with Crippen LogP contribution in [-0.2, 0) is 10.0 Å². The molecule has 0 unspecified atom stereocenters. The number of hydrogen-bond donors (Lipinski definition) is 0. The molecule has 0 aromatic heterocycles. The van der Waals surface area contributed by atoms with Crippen molar-refractivity contribution < 1.29 is 31.2 Å². The molecule has 0 saturated heterocycles. The largest absolute Gasteiger partial charge is 0.511 e. The number of fused-ring (bicyclic) bond motifs is 1. The predicted molar refractivity (Wildman–Crippen MR) is 125 cm³/mol. The molecule has 0 N–H and O–H groups in total. The van der Waals surface area contributed by atoms with E-state index in [1.54, 1.807) is 56.3 Å². The second kappa shape index (κ2) is 9.09. The first-order valence-corrected chi connectivity index (χ1v) is 12.4. The van der Waals surface area contributed by atoms with Crippen LogP contribution in [0.5, 0.6) is 0 Å². The molecule has 0 bridgehead atoms. The number of alkyl halides is 3. The Labute approximate surface area is 201 Å². The number of carbonyl (C=O) groups excluding carboxylic acids is 2. The van der Waals surface area contributed by atoms with Gasteiger partial charge in [-0.2, -0.15) is 17.5 Å². The van der Waals surface area contributed by atoms with Crippen molar-refractivity contribution in [1.29, 1.82) is 0 Å². The van der Waals surface area contributed by atoms with Crippen LogP contribution >= 0.6 is 0 Å². The fourth-order valence-electron chi connectivity index (χ4n) is 4.68. The van der Waals surface area contributed by atoms with Crippen LogP contribution in [0.3, 0.4) is 0 Å². The molecule has 184 valence electrons. The highest BCUT2D eigenvalue weighted by Crippen LogP contribution is 2.40. The van der Waals surface area contributed by atoms with Gasteiger partial charge < -0.3 is 0 Å². The monoisotopic (exact) mass is 504 g/mol. The smallest absolute Gasteiger partial charge is 0.270 e. The summed E-state index contributed by atoms with van der Waals surface area (Å²) < 4.78 is 65.9. The van der Waals surface area contributed by atoms with Crippen molar-refractivity contribution in [3.8, 4) is 0 Å². The molecule has 2 aromatic rings. The Kier molecular flexibility index (Phi) is 6.46. The number of halogens is 3. The number of amides is 2. The summed E-state index contributed by atoms with van der Waals surface area (Å²) in [7, 11) is -5.62. The minimum absolute atomic E-state index is 0.142. The molecule has 0 fully saturated rings. The average molecular weight is 505 g/mol. The molecule has 1 atom stereocenters. The van der Waals surface area contributed by atoms with E-state index in [4.69, 9.17) is 0 Å². The van der Waals surface area contributed by atoms with E-state index in [1.807, 2.05) is 0 Å². The van der Waals surface area contributed by atoms with Gasteiger partial charge in [-0.1, -0.05) is 55.5 Å². The molecule has 4 rings (SSSR count). The first kappa shape index (κ1) is 24.9. The summed E-state index contributed by atoms with van der Waals surface area (Å²) >= 11 is 0. The lowest BCUT2D eigenvalue weighted by Crippen LogP contribution is -2.50. The van der Waals surface area contributed by atoms with Gasteiger partial charge in [0.15, 0.2) is 0 Å². The minimum atomic E-state index is -5.62. The third-order valence-electron chi connectivity index (χ3n) is 6.34. The molecule has 2 amide bonds. The Bertz CT molecular complexity index is 1310. The van der Waals surface area contributed by atoms with Crippen LogP contribution < -0.4 is 0 Å². The number of rotatable bonds is 5. The number of carbonyl (C=O) groups is 2. The number of benzene rings is 2. The Morgan fingerprint density at radius 3 is 2.03 bits per heavy atom. The standard InChI is InChI=1S/C25H23F3N2O4S/c1-3-21-16(2)22(17-9-5-4-6-10-17)18(15-30(21)35(33,34)25(26,27)28)13-14-29-23(31)19-11-7-8-12-20(19)24(29)32/h4-13,21H,3,14-15H2,1-2H3/b18-13+/t21-/m1/s1. The molecular weight excluding hydrogens is 481 g/mol. The first-order valence-electron chi connectivity index (χ1n) is 11.0. The summed E-state index contributed by atoms with van der Waals surface area (Å²) in [5.41, 5.74) is -2.87. The van der Waals surface area contributed by atoms with Crippen molar-refractivity contribution in [2.45, 2.75) is 31.8 Å². The summed E-state index contributed by atoms with van der Waals surface area (Å²) in [6.45, 7) is 2.50. The Hall–Kier alpha value is -3.24. The lowest BCUT2D eigenvalue weighted by Gasteiger charge is -2.38. The molecule has 2 aliphatic heterocycles. The van der Waals surface area contributed by atoms with E-state index in [1.165, 1.54) is 18.2 Å². The maximum Gasteiger partial charge on any atom is 0.511 e. The third-order valence-corrected chi connectivity index (χ3v) is 7.92. The topological polar surface area (TPSA) is 74.8 Å². The molecule has 0 saturated carbocycles. The highest BCUT2D eigenvalue weighted by Gasteiger charge is 2.53. The van der Waals surface area contributed by atoms with E-state index in [-0.39, 0.29) is 24.1 Å². The molecule has 6 nitrogen and oxygen atoms in total. The number of imide groups is 1.